The molecule has 0 aliphatic rings. The molecule has 23 heavy (non-hydrogen) atoms. The fraction of sp³-hybridized carbons (Fsp3) is 0.950. The first kappa shape index (κ1) is 22.4. The predicted octanol–water partition coefficient (Wildman–Crippen LogP) is 5.57. The van der Waals surface area contributed by atoms with Gasteiger partial charge in [-0.1, -0.05) is 72.1 Å². The van der Waals surface area contributed by atoms with E-state index in [1.807, 2.05) is 0 Å². The third kappa shape index (κ3) is 16.1. The molecule has 0 saturated carbocycles. The van der Waals surface area contributed by atoms with Gasteiger partial charge in [-0.25, -0.2) is 0 Å². The first-order valence-corrected chi connectivity index (χ1v) is 10.1. The molecule has 0 spiro atoms. The molecule has 0 radical (unpaired) electrons. The summed E-state index contributed by atoms with van der Waals surface area (Å²) in [6.07, 6.45) is 14.2. The van der Waals surface area contributed by atoms with Gasteiger partial charge >= 0.3 is 5.97 Å². The van der Waals surface area contributed by atoms with Gasteiger partial charge in [0.15, 0.2) is 0 Å². The molecule has 0 rings (SSSR count). The van der Waals surface area contributed by atoms with Gasteiger partial charge in [0.2, 0.25) is 0 Å². The molecule has 138 valence electrons. The lowest BCUT2D eigenvalue weighted by atomic mass is 10.1. The standard InChI is InChI=1S/C20H41NO2/c1-4-7-10-11-12-13-14-19-23-20(22)15-18-21(16-8-5-2)17-9-6-3/h4-19H2,1-3H3. The molecule has 0 heterocycles. The van der Waals surface area contributed by atoms with Crippen molar-refractivity contribution in [1.82, 2.24) is 4.90 Å². The average molecular weight is 328 g/mol. The number of hydrogen-bond donors (Lipinski definition) is 0. The maximum Gasteiger partial charge on any atom is 0.307 e. The van der Waals surface area contributed by atoms with E-state index in [1.54, 1.807) is 0 Å². The molecule has 0 unspecified atom stereocenters. The Balaban J connectivity index is 3.58. The smallest absolute Gasteiger partial charge is 0.307 e. The van der Waals surface area contributed by atoms with Crippen LogP contribution in [0.15, 0.2) is 0 Å². The second kappa shape index (κ2) is 17.8. The lowest BCUT2D eigenvalue weighted by Crippen LogP contribution is -2.29. The van der Waals surface area contributed by atoms with Crippen LogP contribution in [0.2, 0.25) is 0 Å². The molecular formula is C20H41NO2. The molecule has 0 atom stereocenters. The van der Waals surface area contributed by atoms with E-state index in [0.717, 1.165) is 26.1 Å². The van der Waals surface area contributed by atoms with Crippen molar-refractivity contribution in [2.45, 2.75) is 97.8 Å². The number of hydrogen-bond acceptors (Lipinski definition) is 3. The molecular weight excluding hydrogens is 286 g/mol. The minimum Gasteiger partial charge on any atom is -0.466 e. The maximum absolute atomic E-state index is 11.8. The van der Waals surface area contributed by atoms with E-state index in [4.69, 9.17) is 4.74 Å². The monoisotopic (exact) mass is 327 g/mol. The predicted molar refractivity (Wildman–Crippen MR) is 99.8 cm³/mol. The molecule has 3 nitrogen and oxygen atoms in total. The van der Waals surface area contributed by atoms with Crippen molar-refractivity contribution in [3.05, 3.63) is 0 Å². The van der Waals surface area contributed by atoms with E-state index in [9.17, 15) is 4.79 Å². The Labute approximate surface area is 145 Å². The number of carbonyl (C=O) groups is 1. The number of ether oxygens (including phenoxy) is 1. The highest BCUT2D eigenvalue weighted by Gasteiger charge is 2.08. The lowest BCUT2D eigenvalue weighted by molar-refractivity contribution is -0.144. The normalized spacial score (nSPS) is 11.1. The molecule has 0 amide bonds. The molecule has 0 aliphatic carbocycles. The molecule has 3 heteroatoms. The minimum absolute atomic E-state index is 0.0195. The molecule has 0 bridgehead atoms. The van der Waals surface area contributed by atoms with Crippen molar-refractivity contribution in [2.75, 3.05) is 26.2 Å². The van der Waals surface area contributed by atoms with E-state index in [0.29, 0.717) is 13.0 Å². The highest BCUT2D eigenvalue weighted by molar-refractivity contribution is 5.69. The van der Waals surface area contributed by atoms with E-state index in [1.165, 1.54) is 64.2 Å². The van der Waals surface area contributed by atoms with E-state index >= 15 is 0 Å². The summed E-state index contributed by atoms with van der Waals surface area (Å²) in [6.45, 7) is 10.4. The Morgan fingerprint density at radius 3 is 1.78 bits per heavy atom. The molecule has 0 N–H and O–H groups in total. The van der Waals surface area contributed by atoms with Gasteiger partial charge in [0.25, 0.3) is 0 Å². The second-order valence-electron chi connectivity index (χ2n) is 6.64. The van der Waals surface area contributed by atoms with Crippen LogP contribution in [0.4, 0.5) is 0 Å². The van der Waals surface area contributed by atoms with Crippen LogP contribution in [0.25, 0.3) is 0 Å². The Hall–Kier alpha value is -0.570. The van der Waals surface area contributed by atoms with Crippen molar-refractivity contribution in [3.63, 3.8) is 0 Å². The summed E-state index contributed by atoms with van der Waals surface area (Å²) in [5.74, 6) is -0.0195. The first-order chi connectivity index (χ1) is 11.2. The van der Waals surface area contributed by atoms with Gasteiger partial charge in [-0.2, -0.15) is 0 Å². The van der Waals surface area contributed by atoms with Crippen molar-refractivity contribution in [1.29, 1.82) is 0 Å². The first-order valence-electron chi connectivity index (χ1n) is 10.1. The molecule has 0 saturated heterocycles. The van der Waals surface area contributed by atoms with E-state index < -0.39 is 0 Å². The van der Waals surface area contributed by atoms with Crippen molar-refractivity contribution in [2.24, 2.45) is 0 Å². The summed E-state index contributed by atoms with van der Waals surface area (Å²) < 4.78 is 5.36. The highest BCUT2D eigenvalue weighted by atomic mass is 16.5. The quantitative estimate of drug-likeness (QED) is 0.258. The zero-order valence-electron chi connectivity index (χ0n) is 16.1. The minimum atomic E-state index is -0.0195. The SMILES string of the molecule is CCCCCCCCCOC(=O)CCN(CCCC)CCCC. The van der Waals surface area contributed by atoms with Crippen LogP contribution in [0, 0.1) is 0 Å². The Morgan fingerprint density at radius 1 is 0.696 bits per heavy atom. The van der Waals surface area contributed by atoms with Gasteiger partial charge in [0, 0.05) is 6.54 Å². The fourth-order valence-electron chi connectivity index (χ4n) is 2.67. The lowest BCUT2D eigenvalue weighted by Gasteiger charge is -2.21. The molecule has 0 fully saturated rings. The average Bonchev–Trinajstić information content (AvgIpc) is 2.56. The van der Waals surface area contributed by atoms with Gasteiger partial charge in [-0.15, -0.1) is 0 Å². The molecule has 0 aromatic heterocycles. The van der Waals surface area contributed by atoms with Crippen LogP contribution >= 0.6 is 0 Å². The molecule has 0 aromatic rings. The van der Waals surface area contributed by atoms with Crippen LogP contribution in [0.5, 0.6) is 0 Å². The van der Waals surface area contributed by atoms with Crippen molar-refractivity contribution >= 4 is 5.97 Å². The number of rotatable bonds is 17. The fourth-order valence-corrected chi connectivity index (χ4v) is 2.67. The third-order valence-corrected chi connectivity index (χ3v) is 4.30. The van der Waals surface area contributed by atoms with Gasteiger partial charge in [0.1, 0.15) is 0 Å². The summed E-state index contributed by atoms with van der Waals surface area (Å²) >= 11 is 0. The Bertz CT molecular complexity index is 248. The van der Waals surface area contributed by atoms with Gasteiger partial charge in [0.05, 0.1) is 13.0 Å². The number of nitrogens with zero attached hydrogens (tertiary/aromatic N) is 1. The zero-order chi connectivity index (χ0) is 17.2. The summed E-state index contributed by atoms with van der Waals surface area (Å²) in [7, 11) is 0. The van der Waals surface area contributed by atoms with Gasteiger partial charge in [-0.3, -0.25) is 4.79 Å². The Kier molecular flexibility index (Phi) is 17.3. The van der Waals surface area contributed by atoms with Crippen molar-refractivity contribution < 1.29 is 9.53 Å². The number of esters is 1. The highest BCUT2D eigenvalue weighted by Crippen LogP contribution is 2.07. The topological polar surface area (TPSA) is 29.5 Å². The number of unbranched alkanes of at least 4 members (excludes halogenated alkanes) is 8. The maximum atomic E-state index is 11.8. The van der Waals surface area contributed by atoms with Crippen molar-refractivity contribution in [3.8, 4) is 0 Å². The van der Waals surface area contributed by atoms with E-state index in [2.05, 4.69) is 25.7 Å². The van der Waals surface area contributed by atoms with Crippen LogP contribution in [-0.2, 0) is 9.53 Å². The summed E-state index contributed by atoms with van der Waals surface area (Å²) in [5.41, 5.74) is 0. The van der Waals surface area contributed by atoms with Gasteiger partial charge < -0.3 is 9.64 Å². The number of carbonyl (C=O) groups excluding carboxylic acids is 1. The Morgan fingerprint density at radius 2 is 1.22 bits per heavy atom. The second-order valence-corrected chi connectivity index (χ2v) is 6.64. The summed E-state index contributed by atoms with van der Waals surface area (Å²) in [4.78, 5) is 14.2. The molecule has 0 aromatic carbocycles. The third-order valence-electron chi connectivity index (χ3n) is 4.30. The van der Waals surface area contributed by atoms with Gasteiger partial charge in [-0.05, 0) is 32.4 Å². The van der Waals surface area contributed by atoms with Crippen LogP contribution in [0.3, 0.4) is 0 Å². The van der Waals surface area contributed by atoms with Crippen LogP contribution in [0.1, 0.15) is 97.8 Å². The summed E-state index contributed by atoms with van der Waals surface area (Å²) in [6, 6.07) is 0. The van der Waals surface area contributed by atoms with Crippen LogP contribution < -0.4 is 0 Å². The summed E-state index contributed by atoms with van der Waals surface area (Å²) in [5, 5.41) is 0. The molecule has 0 aliphatic heterocycles. The zero-order valence-corrected chi connectivity index (χ0v) is 16.1. The largest absolute Gasteiger partial charge is 0.466 e. The van der Waals surface area contributed by atoms with Crippen LogP contribution in [-0.4, -0.2) is 37.1 Å². The van der Waals surface area contributed by atoms with E-state index in [-0.39, 0.29) is 5.97 Å².